The Morgan fingerprint density at radius 2 is 1.64 bits per heavy atom. The number of rotatable bonds is 8. The van der Waals surface area contributed by atoms with Crippen LogP contribution in [-0.2, 0) is 16.6 Å². The zero-order chi connectivity index (χ0) is 20.3. The number of nitrogens with one attached hydrogen (secondary N) is 1. The van der Waals surface area contributed by atoms with Crippen molar-refractivity contribution in [3.63, 3.8) is 0 Å². The van der Waals surface area contributed by atoms with Gasteiger partial charge < -0.3 is 4.90 Å². The largest absolute Gasteiger partial charge is 0.331 e. The van der Waals surface area contributed by atoms with Gasteiger partial charge in [0, 0.05) is 24.2 Å². The summed E-state index contributed by atoms with van der Waals surface area (Å²) in [7, 11) is -3.57. The molecule has 1 amide bonds. The summed E-state index contributed by atoms with van der Waals surface area (Å²) in [6, 6.07) is 16.1. The van der Waals surface area contributed by atoms with Gasteiger partial charge in [0.25, 0.3) is 5.91 Å². The maximum Gasteiger partial charge on any atom is 0.254 e. The van der Waals surface area contributed by atoms with E-state index in [-0.39, 0.29) is 22.9 Å². The first kappa shape index (κ1) is 20.6. The second-order valence-corrected chi connectivity index (χ2v) is 9.51. The van der Waals surface area contributed by atoms with Crippen LogP contribution in [-0.4, -0.2) is 31.3 Å². The Morgan fingerprint density at radius 3 is 2.18 bits per heavy atom. The van der Waals surface area contributed by atoms with Gasteiger partial charge in [-0.1, -0.05) is 30.3 Å². The van der Waals surface area contributed by atoms with Gasteiger partial charge in [0.15, 0.2) is 0 Å². The third-order valence-electron chi connectivity index (χ3n) is 5.05. The topological polar surface area (TPSA) is 66.5 Å². The van der Waals surface area contributed by atoms with Crippen molar-refractivity contribution in [2.75, 3.05) is 0 Å². The zero-order valence-electron chi connectivity index (χ0n) is 16.6. The molecule has 3 rings (SSSR count). The number of sulfonamides is 1. The number of carbonyl (C=O) groups is 1. The molecule has 1 aliphatic carbocycles. The molecule has 2 aromatic rings. The van der Waals surface area contributed by atoms with Gasteiger partial charge in [-0.15, -0.1) is 0 Å². The highest BCUT2D eigenvalue weighted by Gasteiger charge is 2.34. The molecule has 5 nitrogen and oxygen atoms in total. The van der Waals surface area contributed by atoms with Crippen molar-refractivity contribution in [2.45, 2.75) is 57.1 Å². The van der Waals surface area contributed by atoms with Crippen molar-refractivity contribution in [1.29, 1.82) is 0 Å². The van der Waals surface area contributed by atoms with Gasteiger partial charge in [-0.2, -0.15) is 0 Å². The molecule has 0 aliphatic heterocycles. The van der Waals surface area contributed by atoms with Crippen molar-refractivity contribution in [3.8, 4) is 0 Å². The van der Waals surface area contributed by atoms with E-state index in [4.69, 9.17) is 0 Å². The number of amides is 1. The average Bonchev–Trinajstić information content (AvgIpc) is 3.50. The maximum absolute atomic E-state index is 13.2. The molecule has 1 atom stereocenters. The van der Waals surface area contributed by atoms with Gasteiger partial charge in [0.2, 0.25) is 10.0 Å². The molecule has 0 radical (unpaired) electrons. The van der Waals surface area contributed by atoms with Crippen molar-refractivity contribution < 1.29 is 13.2 Å². The molecule has 0 heterocycles. The molecular formula is C22H28N2O3S. The lowest BCUT2D eigenvalue weighted by molar-refractivity contribution is 0.0654. The van der Waals surface area contributed by atoms with Crippen LogP contribution in [0.2, 0.25) is 0 Å². The van der Waals surface area contributed by atoms with Crippen LogP contribution in [0, 0.1) is 5.92 Å². The summed E-state index contributed by atoms with van der Waals surface area (Å²) >= 11 is 0. The van der Waals surface area contributed by atoms with Crippen LogP contribution in [0.4, 0.5) is 0 Å². The minimum atomic E-state index is -3.57. The minimum Gasteiger partial charge on any atom is -0.331 e. The summed E-state index contributed by atoms with van der Waals surface area (Å²) in [4.78, 5) is 15.3. The molecular weight excluding hydrogens is 372 g/mol. The van der Waals surface area contributed by atoms with E-state index in [1.807, 2.05) is 35.2 Å². The minimum absolute atomic E-state index is 0.0657. The van der Waals surface area contributed by atoms with E-state index in [0.29, 0.717) is 18.0 Å². The molecule has 1 N–H and O–H groups in total. The molecule has 150 valence electrons. The fourth-order valence-corrected chi connectivity index (χ4v) is 4.59. The number of carbonyl (C=O) groups excluding carboxylic acids is 1. The molecule has 0 aromatic heterocycles. The molecule has 1 unspecified atom stereocenters. The quantitative estimate of drug-likeness (QED) is 0.733. The zero-order valence-corrected chi connectivity index (χ0v) is 17.4. The van der Waals surface area contributed by atoms with Gasteiger partial charge >= 0.3 is 0 Å². The van der Waals surface area contributed by atoms with E-state index < -0.39 is 10.0 Å². The van der Waals surface area contributed by atoms with E-state index in [0.717, 1.165) is 18.4 Å². The molecule has 0 spiro atoms. The summed E-state index contributed by atoms with van der Waals surface area (Å²) < 4.78 is 27.2. The Kier molecular flexibility index (Phi) is 6.20. The average molecular weight is 401 g/mol. The van der Waals surface area contributed by atoms with Crippen molar-refractivity contribution in [1.82, 2.24) is 9.62 Å². The monoisotopic (exact) mass is 400 g/mol. The van der Waals surface area contributed by atoms with E-state index >= 15 is 0 Å². The number of hydrogen-bond donors (Lipinski definition) is 1. The molecule has 0 saturated heterocycles. The van der Waals surface area contributed by atoms with Gasteiger partial charge in [-0.25, -0.2) is 13.1 Å². The molecule has 1 saturated carbocycles. The smallest absolute Gasteiger partial charge is 0.254 e. The Balaban J connectivity index is 1.82. The van der Waals surface area contributed by atoms with Crippen LogP contribution in [0.15, 0.2) is 59.5 Å². The first-order valence-electron chi connectivity index (χ1n) is 9.75. The summed E-state index contributed by atoms with van der Waals surface area (Å²) in [6.07, 6.45) is 2.30. The van der Waals surface area contributed by atoms with E-state index in [9.17, 15) is 13.2 Å². The maximum atomic E-state index is 13.2. The van der Waals surface area contributed by atoms with Crippen LogP contribution in [0.25, 0.3) is 0 Å². The third kappa shape index (κ3) is 5.00. The van der Waals surface area contributed by atoms with Crippen LogP contribution in [0.3, 0.4) is 0 Å². The molecule has 1 aliphatic rings. The fraction of sp³-hybridized carbons (Fsp3) is 0.409. The van der Waals surface area contributed by atoms with Crippen molar-refractivity contribution in [2.24, 2.45) is 5.92 Å². The highest BCUT2D eigenvalue weighted by molar-refractivity contribution is 7.89. The Morgan fingerprint density at radius 1 is 1.04 bits per heavy atom. The lowest BCUT2D eigenvalue weighted by Gasteiger charge is -2.30. The predicted octanol–water partition coefficient (Wildman–Crippen LogP) is 3.81. The standard InChI is InChI=1S/C22H28N2O3S/c1-16(2)23-28(26,27)21-13-11-20(12-14-21)22(25)24(17(3)19-9-10-19)15-18-7-5-4-6-8-18/h4-8,11-14,16-17,19,23H,9-10,15H2,1-3H3. The van der Waals surface area contributed by atoms with Crippen molar-refractivity contribution in [3.05, 3.63) is 65.7 Å². The van der Waals surface area contributed by atoms with Crippen LogP contribution in [0.1, 0.15) is 49.5 Å². The van der Waals surface area contributed by atoms with E-state index in [1.165, 1.54) is 12.1 Å². The molecule has 2 aromatic carbocycles. The molecule has 6 heteroatoms. The SMILES string of the molecule is CC(C)NS(=O)(=O)c1ccc(C(=O)N(Cc2ccccc2)C(C)C2CC2)cc1. The Hall–Kier alpha value is -2.18. The number of nitrogens with zero attached hydrogens (tertiary/aromatic N) is 1. The van der Waals surface area contributed by atoms with E-state index in [1.54, 1.807) is 26.0 Å². The van der Waals surface area contributed by atoms with Gasteiger partial charge in [0.1, 0.15) is 0 Å². The van der Waals surface area contributed by atoms with Crippen molar-refractivity contribution >= 4 is 15.9 Å². The third-order valence-corrected chi connectivity index (χ3v) is 6.73. The highest BCUT2D eigenvalue weighted by atomic mass is 32.2. The number of benzene rings is 2. The molecule has 0 bridgehead atoms. The predicted molar refractivity (Wildman–Crippen MR) is 110 cm³/mol. The second kappa shape index (κ2) is 8.45. The summed E-state index contributed by atoms with van der Waals surface area (Å²) in [5, 5.41) is 0. The Bertz CT molecular complexity index is 905. The summed E-state index contributed by atoms with van der Waals surface area (Å²) in [6.45, 7) is 6.20. The first-order chi connectivity index (χ1) is 13.3. The lowest BCUT2D eigenvalue weighted by atomic mass is 10.1. The number of hydrogen-bond acceptors (Lipinski definition) is 3. The lowest BCUT2D eigenvalue weighted by Crippen LogP contribution is -2.39. The van der Waals surface area contributed by atoms with Gasteiger partial charge in [-0.3, -0.25) is 4.79 Å². The molecule has 28 heavy (non-hydrogen) atoms. The van der Waals surface area contributed by atoms with Crippen LogP contribution >= 0.6 is 0 Å². The van der Waals surface area contributed by atoms with Gasteiger partial charge in [0.05, 0.1) is 4.90 Å². The second-order valence-electron chi connectivity index (χ2n) is 7.80. The first-order valence-corrected chi connectivity index (χ1v) is 11.2. The summed E-state index contributed by atoms with van der Waals surface area (Å²) in [5.41, 5.74) is 1.59. The normalized spacial score (nSPS) is 15.4. The highest BCUT2D eigenvalue weighted by Crippen LogP contribution is 2.36. The van der Waals surface area contributed by atoms with Gasteiger partial charge in [-0.05, 0) is 69.4 Å². The van der Waals surface area contributed by atoms with Crippen LogP contribution < -0.4 is 4.72 Å². The fourth-order valence-electron chi connectivity index (χ4n) is 3.33. The summed E-state index contributed by atoms with van der Waals surface area (Å²) in [5.74, 6) is 0.478. The Labute approximate surface area is 167 Å². The molecule has 1 fully saturated rings. The van der Waals surface area contributed by atoms with E-state index in [2.05, 4.69) is 11.6 Å². The van der Waals surface area contributed by atoms with Crippen LogP contribution in [0.5, 0.6) is 0 Å².